The molecular formula is C15H12N8O2. The summed E-state index contributed by atoms with van der Waals surface area (Å²) in [4.78, 5) is 7.90. The monoisotopic (exact) mass is 336 g/mol. The van der Waals surface area contributed by atoms with Crippen LogP contribution in [0.3, 0.4) is 0 Å². The molecular weight excluding hydrogens is 324 g/mol. The number of rotatable bonds is 4. The highest BCUT2D eigenvalue weighted by atomic mass is 16.7. The van der Waals surface area contributed by atoms with Crippen molar-refractivity contribution in [2.75, 3.05) is 0 Å². The smallest absolute Gasteiger partial charge is 0.301 e. The van der Waals surface area contributed by atoms with Crippen LogP contribution in [-0.4, -0.2) is 24.9 Å². The second-order valence-corrected chi connectivity index (χ2v) is 5.35. The van der Waals surface area contributed by atoms with Gasteiger partial charge in [0.25, 0.3) is 5.79 Å². The van der Waals surface area contributed by atoms with Gasteiger partial charge in [0.15, 0.2) is 22.8 Å². The molecule has 0 aliphatic heterocycles. The molecule has 2 rings (SSSR count). The molecule has 124 valence electrons. The van der Waals surface area contributed by atoms with E-state index >= 15 is 0 Å². The first kappa shape index (κ1) is 17.3. The topological polar surface area (TPSA) is 149 Å². The molecule has 2 aromatic rings. The maximum Gasteiger partial charge on any atom is 0.301 e. The van der Waals surface area contributed by atoms with E-state index in [2.05, 4.69) is 9.97 Å². The van der Waals surface area contributed by atoms with Crippen molar-refractivity contribution in [3.05, 3.63) is 22.8 Å². The number of hydrogen-bond acceptors (Lipinski definition) is 8. The van der Waals surface area contributed by atoms with E-state index in [1.807, 2.05) is 24.3 Å². The lowest BCUT2D eigenvalue weighted by Crippen LogP contribution is -2.37. The number of ether oxygens (including phenoxy) is 2. The minimum absolute atomic E-state index is 0.00771. The van der Waals surface area contributed by atoms with Crippen LogP contribution < -0.4 is 9.47 Å². The molecule has 10 heteroatoms. The second kappa shape index (κ2) is 6.23. The fourth-order valence-corrected chi connectivity index (χ4v) is 2.01. The van der Waals surface area contributed by atoms with Crippen LogP contribution in [0.5, 0.6) is 12.0 Å². The zero-order chi connectivity index (χ0) is 18.8. The van der Waals surface area contributed by atoms with Crippen molar-refractivity contribution in [2.24, 2.45) is 14.1 Å². The number of nitriles is 4. The molecule has 0 aliphatic rings. The lowest BCUT2D eigenvalue weighted by molar-refractivity contribution is -0.0952. The minimum atomic E-state index is -1.31. The average Bonchev–Trinajstić information content (AvgIpc) is 3.03. The van der Waals surface area contributed by atoms with Gasteiger partial charge in [-0.25, -0.2) is 0 Å². The van der Waals surface area contributed by atoms with Gasteiger partial charge in [-0.2, -0.15) is 31.0 Å². The molecule has 0 amide bonds. The zero-order valence-electron chi connectivity index (χ0n) is 13.9. The van der Waals surface area contributed by atoms with Gasteiger partial charge in [-0.3, -0.25) is 9.13 Å². The molecule has 0 fully saturated rings. The van der Waals surface area contributed by atoms with Crippen molar-refractivity contribution in [3.8, 4) is 36.3 Å². The van der Waals surface area contributed by atoms with Gasteiger partial charge in [-0.1, -0.05) is 0 Å². The van der Waals surface area contributed by atoms with Crippen LogP contribution in [-0.2, 0) is 14.1 Å². The summed E-state index contributed by atoms with van der Waals surface area (Å²) in [6.45, 7) is 3.12. The highest BCUT2D eigenvalue weighted by molar-refractivity contribution is 5.40. The molecule has 25 heavy (non-hydrogen) atoms. The first-order chi connectivity index (χ1) is 11.8. The molecule has 0 saturated carbocycles. The molecule has 0 spiro atoms. The van der Waals surface area contributed by atoms with E-state index in [4.69, 9.17) is 30.5 Å². The van der Waals surface area contributed by atoms with Crippen molar-refractivity contribution < 1.29 is 9.47 Å². The summed E-state index contributed by atoms with van der Waals surface area (Å²) in [5, 5.41) is 36.2. The fourth-order valence-electron chi connectivity index (χ4n) is 2.01. The van der Waals surface area contributed by atoms with Gasteiger partial charge >= 0.3 is 12.0 Å². The maximum atomic E-state index is 9.08. The third kappa shape index (κ3) is 3.06. The average molecular weight is 336 g/mol. The van der Waals surface area contributed by atoms with Gasteiger partial charge < -0.3 is 9.47 Å². The lowest BCUT2D eigenvalue weighted by atomic mass is 10.4. The number of hydrogen-bond donors (Lipinski definition) is 0. The summed E-state index contributed by atoms with van der Waals surface area (Å²) in [6.07, 6.45) is 0. The Balaban J connectivity index is 2.34. The van der Waals surface area contributed by atoms with Crippen LogP contribution in [0.4, 0.5) is 0 Å². The summed E-state index contributed by atoms with van der Waals surface area (Å²) in [6, 6.07) is 7.39. The Bertz CT molecular complexity index is 921. The first-order valence-corrected chi connectivity index (χ1v) is 6.89. The van der Waals surface area contributed by atoms with E-state index in [0.29, 0.717) is 0 Å². The normalized spacial score (nSPS) is 10.2. The highest BCUT2D eigenvalue weighted by Crippen LogP contribution is 2.24. The summed E-state index contributed by atoms with van der Waals surface area (Å²) in [5.41, 5.74) is -0.00898. The molecule has 0 bridgehead atoms. The van der Waals surface area contributed by atoms with E-state index < -0.39 is 5.79 Å². The van der Waals surface area contributed by atoms with Crippen LogP contribution in [0.15, 0.2) is 0 Å². The van der Waals surface area contributed by atoms with Crippen LogP contribution >= 0.6 is 0 Å². The summed E-state index contributed by atoms with van der Waals surface area (Å²) in [7, 11) is 3.06. The Kier molecular flexibility index (Phi) is 4.32. The molecule has 0 atom stereocenters. The minimum Gasteiger partial charge on any atom is -0.422 e. The summed E-state index contributed by atoms with van der Waals surface area (Å²) in [5.74, 6) is -1.31. The maximum absolute atomic E-state index is 9.08. The molecule has 0 aliphatic carbocycles. The van der Waals surface area contributed by atoms with Gasteiger partial charge in [-0.05, 0) is 0 Å². The molecule has 10 nitrogen and oxygen atoms in total. The first-order valence-electron chi connectivity index (χ1n) is 6.89. The van der Waals surface area contributed by atoms with Crippen LogP contribution in [0.25, 0.3) is 0 Å². The Morgan fingerprint density at radius 3 is 1.36 bits per heavy atom. The third-order valence-corrected chi connectivity index (χ3v) is 3.21. The number of aromatic nitrogens is 4. The van der Waals surface area contributed by atoms with Crippen molar-refractivity contribution in [1.82, 2.24) is 19.1 Å². The largest absolute Gasteiger partial charge is 0.422 e. The molecule has 2 aromatic heterocycles. The molecule has 0 saturated heterocycles. The predicted molar refractivity (Wildman–Crippen MR) is 80.6 cm³/mol. The quantitative estimate of drug-likeness (QED) is 0.745. The van der Waals surface area contributed by atoms with E-state index in [1.165, 1.54) is 23.2 Å². The van der Waals surface area contributed by atoms with E-state index in [0.717, 1.165) is 0 Å². The number of nitrogens with zero attached hydrogens (tertiary/aromatic N) is 8. The van der Waals surface area contributed by atoms with Crippen molar-refractivity contribution in [3.63, 3.8) is 0 Å². The SMILES string of the molecule is Cn1c(OC(C)(C)Oc2nc(C#N)c(C#N)n2C)nc(C#N)c1C#N. The van der Waals surface area contributed by atoms with Gasteiger partial charge in [0, 0.05) is 27.9 Å². The van der Waals surface area contributed by atoms with Gasteiger partial charge in [0.2, 0.25) is 0 Å². The van der Waals surface area contributed by atoms with Crippen LogP contribution in [0.2, 0.25) is 0 Å². The van der Waals surface area contributed by atoms with E-state index in [1.54, 1.807) is 13.8 Å². The van der Waals surface area contributed by atoms with Crippen molar-refractivity contribution in [2.45, 2.75) is 19.6 Å². The van der Waals surface area contributed by atoms with Crippen molar-refractivity contribution in [1.29, 1.82) is 21.0 Å². The lowest BCUT2D eigenvalue weighted by Gasteiger charge is -2.25. The Labute approximate surface area is 143 Å². The standard InChI is InChI=1S/C15H12N8O2/c1-15(2,24-13-20-9(5-16)11(7-18)22(13)3)25-14-21-10(6-17)12(8-19)23(14)4/h1-4H3. The molecule has 0 unspecified atom stereocenters. The zero-order valence-corrected chi connectivity index (χ0v) is 13.9. The molecule has 0 aromatic carbocycles. The molecule has 0 radical (unpaired) electrons. The summed E-state index contributed by atoms with van der Waals surface area (Å²) < 4.78 is 13.9. The van der Waals surface area contributed by atoms with Crippen molar-refractivity contribution >= 4 is 0 Å². The van der Waals surface area contributed by atoms with E-state index in [9.17, 15) is 0 Å². The van der Waals surface area contributed by atoms with Crippen LogP contribution in [0.1, 0.15) is 36.6 Å². The Hall–Kier alpha value is -4.02. The second-order valence-electron chi connectivity index (χ2n) is 5.35. The van der Waals surface area contributed by atoms with E-state index in [-0.39, 0.29) is 34.8 Å². The highest BCUT2D eigenvalue weighted by Gasteiger charge is 2.29. The van der Waals surface area contributed by atoms with Crippen LogP contribution in [0, 0.1) is 45.3 Å². The summed E-state index contributed by atoms with van der Waals surface area (Å²) >= 11 is 0. The van der Waals surface area contributed by atoms with Gasteiger partial charge in [-0.15, -0.1) is 0 Å². The molecule has 0 N–H and O–H groups in total. The van der Waals surface area contributed by atoms with Gasteiger partial charge in [0.1, 0.15) is 24.3 Å². The Morgan fingerprint density at radius 1 is 0.760 bits per heavy atom. The fraction of sp³-hybridized carbons (Fsp3) is 0.333. The Morgan fingerprint density at radius 2 is 1.12 bits per heavy atom. The predicted octanol–water partition coefficient (Wildman–Crippen LogP) is 0.834. The molecule has 2 heterocycles. The third-order valence-electron chi connectivity index (χ3n) is 3.21. The van der Waals surface area contributed by atoms with Gasteiger partial charge in [0.05, 0.1) is 0 Å². The number of imidazole rings is 2.